The van der Waals surface area contributed by atoms with Crippen LogP contribution in [0.5, 0.6) is 0 Å². The maximum absolute atomic E-state index is 13.8. The molecule has 22 heavy (non-hydrogen) atoms. The van der Waals surface area contributed by atoms with Gasteiger partial charge in [0.25, 0.3) is 10.1 Å². The molecule has 0 aliphatic rings. The van der Waals surface area contributed by atoms with E-state index in [4.69, 9.17) is 4.55 Å². The third-order valence-corrected chi connectivity index (χ3v) is 4.10. The van der Waals surface area contributed by atoms with Gasteiger partial charge in [0.2, 0.25) is 5.82 Å². The summed E-state index contributed by atoms with van der Waals surface area (Å²) in [7, 11) is -4.96. The fraction of sp³-hybridized carbons (Fsp3) is 0. The van der Waals surface area contributed by atoms with Gasteiger partial charge >= 0.3 is 0 Å². The summed E-state index contributed by atoms with van der Waals surface area (Å²) in [4.78, 5) is -1.00. The predicted molar refractivity (Wildman–Crippen MR) is 69.2 cm³/mol. The van der Waals surface area contributed by atoms with E-state index in [2.05, 4.69) is 15.9 Å². The van der Waals surface area contributed by atoms with Crippen LogP contribution in [0.25, 0.3) is 11.1 Å². The van der Waals surface area contributed by atoms with Crippen molar-refractivity contribution < 1.29 is 34.9 Å². The average molecular weight is 403 g/mol. The first-order valence-electron chi connectivity index (χ1n) is 5.34. The van der Waals surface area contributed by atoms with Crippen LogP contribution >= 0.6 is 15.9 Å². The van der Waals surface area contributed by atoms with Crippen LogP contribution in [0, 0.1) is 29.1 Å². The monoisotopic (exact) mass is 402 g/mol. The van der Waals surface area contributed by atoms with E-state index in [0.717, 1.165) is 18.2 Å². The Morgan fingerprint density at radius 3 is 1.77 bits per heavy atom. The van der Waals surface area contributed by atoms with Gasteiger partial charge < -0.3 is 0 Å². The molecule has 0 atom stereocenters. The minimum Gasteiger partial charge on any atom is -0.282 e. The Kier molecular flexibility index (Phi) is 4.28. The van der Waals surface area contributed by atoms with Gasteiger partial charge in [0, 0.05) is 10.0 Å². The molecule has 10 heteroatoms. The second-order valence-electron chi connectivity index (χ2n) is 4.06. The van der Waals surface area contributed by atoms with Crippen molar-refractivity contribution in [3.8, 4) is 11.1 Å². The first kappa shape index (κ1) is 16.8. The van der Waals surface area contributed by atoms with Gasteiger partial charge in [-0.1, -0.05) is 15.9 Å². The zero-order valence-corrected chi connectivity index (χ0v) is 12.6. The normalized spacial score (nSPS) is 11.8. The fourth-order valence-electron chi connectivity index (χ4n) is 1.76. The summed E-state index contributed by atoms with van der Waals surface area (Å²) in [6, 6.07) is 2.67. The van der Waals surface area contributed by atoms with Crippen LogP contribution in [0.15, 0.2) is 27.6 Å². The molecular weight excluding hydrogens is 399 g/mol. The molecule has 2 aromatic carbocycles. The fourth-order valence-corrected chi connectivity index (χ4v) is 2.80. The van der Waals surface area contributed by atoms with Crippen LogP contribution in [-0.2, 0) is 10.1 Å². The van der Waals surface area contributed by atoms with Crippen molar-refractivity contribution >= 4 is 26.0 Å². The molecule has 2 aromatic rings. The molecule has 0 saturated carbocycles. The third-order valence-electron chi connectivity index (χ3n) is 2.70. The molecule has 0 aromatic heterocycles. The van der Waals surface area contributed by atoms with Gasteiger partial charge in [-0.3, -0.25) is 4.55 Å². The maximum atomic E-state index is 13.8. The lowest BCUT2D eigenvalue weighted by atomic mass is 10.0. The lowest BCUT2D eigenvalue weighted by Gasteiger charge is -2.12. The SMILES string of the molecule is O=S(=O)(O)c1ccc(Br)cc1-c1c(F)c(F)c(F)c(F)c1F. The molecule has 0 amide bonds. The number of rotatable bonds is 2. The van der Waals surface area contributed by atoms with E-state index < -0.39 is 55.2 Å². The molecule has 0 unspecified atom stereocenters. The molecule has 0 aliphatic heterocycles. The summed E-state index contributed by atoms with van der Waals surface area (Å²) in [6.45, 7) is 0. The molecular formula is C12H4BrF5O3S. The van der Waals surface area contributed by atoms with E-state index in [1.54, 1.807) is 0 Å². The Balaban J connectivity index is 2.99. The van der Waals surface area contributed by atoms with Gasteiger partial charge in [0.15, 0.2) is 23.3 Å². The Morgan fingerprint density at radius 1 is 0.864 bits per heavy atom. The third kappa shape index (κ3) is 2.73. The van der Waals surface area contributed by atoms with Gasteiger partial charge in [0.05, 0.1) is 5.56 Å². The highest BCUT2D eigenvalue weighted by Gasteiger charge is 2.30. The maximum Gasteiger partial charge on any atom is 0.295 e. The molecule has 0 fully saturated rings. The largest absolute Gasteiger partial charge is 0.295 e. The summed E-state index contributed by atoms with van der Waals surface area (Å²) >= 11 is 2.88. The standard InChI is InChI=1S/C12H4BrF5O3S/c13-4-1-2-6(22(19,20)21)5(3-4)7-8(14)10(16)12(18)11(17)9(7)15/h1-3H,(H,19,20,21). The first-order valence-corrected chi connectivity index (χ1v) is 7.58. The van der Waals surface area contributed by atoms with Gasteiger partial charge in [-0.25, -0.2) is 22.0 Å². The van der Waals surface area contributed by atoms with Crippen molar-refractivity contribution in [1.82, 2.24) is 0 Å². The van der Waals surface area contributed by atoms with Gasteiger partial charge in [-0.2, -0.15) is 8.42 Å². The first-order chi connectivity index (χ1) is 10.1. The van der Waals surface area contributed by atoms with Gasteiger partial charge in [-0.15, -0.1) is 0 Å². The predicted octanol–water partition coefficient (Wildman–Crippen LogP) is 4.06. The van der Waals surface area contributed by atoms with Crippen LogP contribution in [-0.4, -0.2) is 13.0 Å². The summed E-state index contributed by atoms with van der Waals surface area (Å²) in [5, 5.41) is 0. The summed E-state index contributed by atoms with van der Waals surface area (Å²) in [5.41, 5.74) is -2.32. The number of halogens is 6. The van der Waals surface area contributed by atoms with Crippen molar-refractivity contribution in [1.29, 1.82) is 0 Å². The zero-order valence-electron chi connectivity index (χ0n) is 10.2. The van der Waals surface area contributed by atoms with Crippen molar-refractivity contribution in [3.63, 3.8) is 0 Å². The summed E-state index contributed by atoms with van der Waals surface area (Å²) in [6.07, 6.45) is 0. The molecule has 0 radical (unpaired) electrons. The molecule has 0 saturated heterocycles. The number of benzene rings is 2. The second kappa shape index (κ2) is 5.60. The Hall–Kier alpha value is -1.52. The minimum atomic E-state index is -4.96. The summed E-state index contributed by atoms with van der Waals surface area (Å²) in [5.74, 6) is -11.2. The molecule has 0 aliphatic carbocycles. The molecule has 0 spiro atoms. The van der Waals surface area contributed by atoms with E-state index >= 15 is 0 Å². The van der Waals surface area contributed by atoms with Crippen molar-refractivity contribution in [2.24, 2.45) is 0 Å². The smallest absolute Gasteiger partial charge is 0.282 e. The Morgan fingerprint density at radius 2 is 1.32 bits per heavy atom. The molecule has 118 valence electrons. The van der Waals surface area contributed by atoms with E-state index in [-0.39, 0.29) is 4.47 Å². The van der Waals surface area contributed by atoms with Crippen LogP contribution in [0.2, 0.25) is 0 Å². The highest BCUT2D eigenvalue weighted by atomic mass is 79.9. The highest BCUT2D eigenvalue weighted by molar-refractivity contribution is 9.10. The van der Waals surface area contributed by atoms with Crippen LogP contribution < -0.4 is 0 Å². The summed E-state index contributed by atoms with van der Waals surface area (Å²) < 4.78 is 98.6. The average Bonchev–Trinajstić information content (AvgIpc) is 2.42. The van der Waals surface area contributed by atoms with Crippen molar-refractivity contribution in [2.45, 2.75) is 4.90 Å². The van der Waals surface area contributed by atoms with E-state index in [9.17, 15) is 30.4 Å². The van der Waals surface area contributed by atoms with Crippen LogP contribution in [0.1, 0.15) is 0 Å². The number of hydrogen-bond donors (Lipinski definition) is 1. The highest BCUT2D eigenvalue weighted by Crippen LogP contribution is 2.36. The van der Waals surface area contributed by atoms with E-state index in [1.165, 1.54) is 0 Å². The lowest BCUT2D eigenvalue weighted by Crippen LogP contribution is -2.07. The van der Waals surface area contributed by atoms with E-state index in [1.807, 2.05) is 0 Å². The Bertz CT molecular complexity index is 854. The molecule has 1 N–H and O–H groups in total. The quantitative estimate of drug-likeness (QED) is 0.356. The van der Waals surface area contributed by atoms with Crippen molar-refractivity contribution in [3.05, 3.63) is 51.8 Å². The van der Waals surface area contributed by atoms with Gasteiger partial charge in [-0.05, 0) is 18.2 Å². The molecule has 0 heterocycles. The van der Waals surface area contributed by atoms with Gasteiger partial charge in [0.1, 0.15) is 4.90 Å². The molecule has 2 rings (SSSR count). The minimum absolute atomic E-state index is 0.0961. The van der Waals surface area contributed by atoms with Crippen LogP contribution in [0.3, 0.4) is 0 Å². The number of hydrogen-bond acceptors (Lipinski definition) is 2. The molecule has 3 nitrogen and oxygen atoms in total. The van der Waals surface area contributed by atoms with E-state index in [0.29, 0.717) is 0 Å². The van der Waals surface area contributed by atoms with Crippen molar-refractivity contribution in [2.75, 3.05) is 0 Å². The van der Waals surface area contributed by atoms with Crippen LogP contribution in [0.4, 0.5) is 22.0 Å². The second-order valence-corrected chi connectivity index (χ2v) is 6.37. The Labute approximate surface area is 129 Å². The zero-order chi connectivity index (χ0) is 16.8. The molecule has 0 bridgehead atoms. The lowest BCUT2D eigenvalue weighted by molar-refractivity contribution is 0.381. The topological polar surface area (TPSA) is 54.4 Å².